The number of hydrogen-bond acceptors (Lipinski definition) is 2. The first-order valence-corrected chi connectivity index (χ1v) is 6.01. The second-order valence-corrected chi connectivity index (χ2v) is 4.50. The SMILES string of the molecule is Cc1c(Cl)ccc2ccn(CCCN)c(=O)c12. The van der Waals surface area contributed by atoms with E-state index in [-0.39, 0.29) is 5.56 Å². The summed E-state index contributed by atoms with van der Waals surface area (Å²) in [5.41, 5.74) is 6.31. The minimum absolute atomic E-state index is 0.0101. The minimum atomic E-state index is 0.0101. The number of aromatic nitrogens is 1. The van der Waals surface area contributed by atoms with E-state index in [1.807, 2.05) is 31.3 Å². The standard InChI is InChI=1S/C13H15ClN2O/c1-9-11(14)4-3-10-5-8-16(7-2-6-15)13(17)12(9)10/h3-5,8H,2,6-7,15H2,1H3. The molecule has 0 fully saturated rings. The summed E-state index contributed by atoms with van der Waals surface area (Å²) in [6.45, 7) is 3.11. The predicted molar refractivity (Wildman–Crippen MR) is 71.6 cm³/mol. The molecule has 0 saturated heterocycles. The third-order valence-corrected chi connectivity index (χ3v) is 3.35. The van der Waals surface area contributed by atoms with E-state index in [0.717, 1.165) is 17.4 Å². The van der Waals surface area contributed by atoms with Crippen LogP contribution < -0.4 is 11.3 Å². The van der Waals surface area contributed by atoms with Crippen LogP contribution in [0, 0.1) is 6.92 Å². The fraction of sp³-hybridized carbons (Fsp3) is 0.308. The maximum Gasteiger partial charge on any atom is 0.258 e. The topological polar surface area (TPSA) is 48.0 Å². The van der Waals surface area contributed by atoms with Gasteiger partial charge in [0.15, 0.2) is 0 Å². The average Bonchev–Trinajstić information content (AvgIpc) is 2.33. The smallest absolute Gasteiger partial charge is 0.258 e. The molecule has 0 bridgehead atoms. The Balaban J connectivity index is 2.65. The number of rotatable bonds is 3. The van der Waals surface area contributed by atoms with E-state index < -0.39 is 0 Å². The molecule has 1 aromatic carbocycles. The van der Waals surface area contributed by atoms with E-state index in [1.165, 1.54) is 0 Å². The normalized spacial score (nSPS) is 11.0. The van der Waals surface area contributed by atoms with E-state index in [2.05, 4.69) is 0 Å². The van der Waals surface area contributed by atoms with E-state index in [0.29, 0.717) is 23.5 Å². The van der Waals surface area contributed by atoms with Crippen molar-refractivity contribution in [1.29, 1.82) is 0 Å². The van der Waals surface area contributed by atoms with Crippen LogP contribution in [0.15, 0.2) is 29.2 Å². The van der Waals surface area contributed by atoms with Crippen LogP contribution in [0.2, 0.25) is 5.02 Å². The summed E-state index contributed by atoms with van der Waals surface area (Å²) >= 11 is 6.05. The highest BCUT2D eigenvalue weighted by Crippen LogP contribution is 2.22. The molecule has 1 aromatic heterocycles. The summed E-state index contributed by atoms with van der Waals surface area (Å²) in [6.07, 6.45) is 2.61. The molecule has 0 aliphatic rings. The number of pyridine rings is 1. The van der Waals surface area contributed by atoms with E-state index in [9.17, 15) is 4.79 Å². The summed E-state index contributed by atoms with van der Waals surface area (Å²) in [7, 11) is 0. The molecular weight excluding hydrogens is 236 g/mol. The van der Waals surface area contributed by atoms with Crippen LogP contribution >= 0.6 is 11.6 Å². The molecule has 1 heterocycles. The van der Waals surface area contributed by atoms with Crippen LogP contribution in [0.4, 0.5) is 0 Å². The van der Waals surface area contributed by atoms with Gasteiger partial charge in [0.05, 0.1) is 5.39 Å². The van der Waals surface area contributed by atoms with Crippen LogP contribution in [-0.4, -0.2) is 11.1 Å². The molecule has 0 aliphatic carbocycles. The van der Waals surface area contributed by atoms with Crippen LogP contribution in [-0.2, 0) is 6.54 Å². The summed E-state index contributed by atoms with van der Waals surface area (Å²) in [5.74, 6) is 0. The van der Waals surface area contributed by atoms with Gasteiger partial charge in [-0.15, -0.1) is 0 Å². The lowest BCUT2D eigenvalue weighted by Gasteiger charge is -2.08. The molecule has 0 radical (unpaired) electrons. The highest BCUT2D eigenvalue weighted by atomic mass is 35.5. The molecule has 0 atom stereocenters. The zero-order valence-electron chi connectivity index (χ0n) is 9.74. The van der Waals surface area contributed by atoms with Gasteiger partial charge in [0, 0.05) is 17.8 Å². The van der Waals surface area contributed by atoms with Gasteiger partial charge in [-0.3, -0.25) is 4.79 Å². The van der Waals surface area contributed by atoms with Crippen molar-refractivity contribution in [3.8, 4) is 0 Å². The van der Waals surface area contributed by atoms with Crippen LogP contribution in [0.5, 0.6) is 0 Å². The number of nitrogens with zero attached hydrogens (tertiary/aromatic N) is 1. The number of benzene rings is 1. The summed E-state index contributed by atoms with van der Waals surface area (Å²) in [6, 6.07) is 5.64. The van der Waals surface area contributed by atoms with Crippen LogP contribution in [0.25, 0.3) is 10.8 Å². The Bertz CT molecular complexity index is 604. The lowest BCUT2D eigenvalue weighted by atomic mass is 10.1. The van der Waals surface area contributed by atoms with Crippen molar-refractivity contribution in [2.75, 3.05) is 6.54 Å². The van der Waals surface area contributed by atoms with Gasteiger partial charge in [-0.25, -0.2) is 0 Å². The molecule has 0 unspecified atom stereocenters. The maximum atomic E-state index is 12.3. The molecular formula is C13H15ClN2O. The van der Waals surface area contributed by atoms with E-state index >= 15 is 0 Å². The van der Waals surface area contributed by atoms with Crippen LogP contribution in [0.1, 0.15) is 12.0 Å². The van der Waals surface area contributed by atoms with Gasteiger partial charge in [-0.2, -0.15) is 0 Å². The molecule has 17 heavy (non-hydrogen) atoms. The largest absolute Gasteiger partial charge is 0.330 e. The molecule has 0 aliphatic heterocycles. The number of nitrogens with two attached hydrogens (primary N) is 1. The first-order valence-electron chi connectivity index (χ1n) is 5.63. The Hall–Kier alpha value is -1.32. The third kappa shape index (κ3) is 2.21. The van der Waals surface area contributed by atoms with Gasteiger partial charge in [0.1, 0.15) is 0 Å². The lowest BCUT2D eigenvalue weighted by molar-refractivity contribution is 0.634. The fourth-order valence-corrected chi connectivity index (χ4v) is 2.11. The van der Waals surface area contributed by atoms with Crippen molar-refractivity contribution in [3.63, 3.8) is 0 Å². The summed E-state index contributed by atoms with van der Waals surface area (Å²) in [5, 5.41) is 2.27. The van der Waals surface area contributed by atoms with Crippen molar-refractivity contribution in [2.24, 2.45) is 5.73 Å². The predicted octanol–water partition coefficient (Wildman–Crippen LogP) is 2.31. The van der Waals surface area contributed by atoms with Gasteiger partial charge in [0.2, 0.25) is 0 Å². The van der Waals surface area contributed by atoms with Crippen molar-refractivity contribution in [2.45, 2.75) is 19.9 Å². The first-order chi connectivity index (χ1) is 8.15. The molecule has 0 spiro atoms. The molecule has 0 saturated carbocycles. The zero-order valence-corrected chi connectivity index (χ0v) is 10.5. The highest BCUT2D eigenvalue weighted by molar-refractivity contribution is 6.32. The Morgan fingerprint density at radius 3 is 2.82 bits per heavy atom. The Labute approximate surface area is 105 Å². The second-order valence-electron chi connectivity index (χ2n) is 4.09. The van der Waals surface area contributed by atoms with Gasteiger partial charge in [0.25, 0.3) is 5.56 Å². The molecule has 90 valence electrons. The number of fused-ring (bicyclic) bond motifs is 1. The fourth-order valence-electron chi connectivity index (χ4n) is 1.95. The average molecular weight is 251 g/mol. The number of halogens is 1. The van der Waals surface area contributed by atoms with Crippen molar-refractivity contribution >= 4 is 22.4 Å². The summed E-state index contributed by atoms with van der Waals surface area (Å²) in [4.78, 5) is 12.3. The molecule has 2 N–H and O–H groups in total. The summed E-state index contributed by atoms with van der Waals surface area (Å²) < 4.78 is 1.69. The molecule has 4 heteroatoms. The van der Waals surface area contributed by atoms with Crippen LogP contribution in [0.3, 0.4) is 0 Å². The Morgan fingerprint density at radius 2 is 2.12 bits per heavy atom. The van der Waals surface area contributed by atoms with E-state index in [4.69, 9.17) is 17.3 Å². The molecule has 2 rings (SSSR count). The van der Waals surface area contributed by atoms with Crippen molar-refractivity contribution in [1.82, 2.24) is 4.57 Å². The third-order valence-electron chi connectivity index (χ3n) is 2.94. The maximum absolute atomic E-state index is 12.3. The first kappa shape index (κ1) is 12.1. The Morgan fingerprint density at radius 1 is 1.35 bits per heavy atom. The van der Waals surface area contributed by atoms with Crippen molar-refractivity contribution < 1.29 is 0 Å². The minimum Gasteiger partial charge on any atom is -0.330 e. The van der Waals surface area contributed by atoms with Crippen molar-refractivity contribution in [3.05, 3.63) is 45.3 Å². The van der Waals surface area contributed by atoms with Gasteiger partial charge < -0.3 is 10.3 Å². The second kappa shape index (κ2) is 4.90. The zero-order chi connectivity index (χ0) is 12.4. The molecule has 0 amide bonds. The highest BCUT2D eigenvalue weighted by Gasteiger charge is 2.07. The Kier molecular flexibility index (Phi) is 3.50. The quantitative estimate of drug-likeness (QED) is 0.909. The number of hydrogen-bond donors (Lipinski definition) is 1. The van der Waals surface area contributed by atoms with Gasteiger partial charge in [-0.1, -0.05) is 17.7 Å². The van der Waals surface area contributed by atoms with Gasteiger partial charge in [-0.05, 0) is 43.0 Å². The van der Waals surface area contributed by atoms with E-state index in [1.54, 1.807) is 4.57 Å². The molecule has 2 aromatic rings. The molecule has 3 nitrogen and oxygen atoms in total. The monoisotopic (exact) mass is 250 g/mol. The number of aryl methyl sites for hydroxylation is 2. The van der Waals surface area contributed by atoms with Gasteiger partial charge >= 0.3 is 0 Å². The lowest BCUT2D eigenvalue weighted by Crippen LogP contribution is -2.21.